The van der Waals surface area contributed by atoms with Crippen LogP contribution in [0.5, 0.6) is 0 Å². The van der Waals surface area contributed by atoms with Crippen LogP contribution in [0, 0.1) is 20.8 Å². The number of benzene rings is 3. The highest BCUT2D eigenvalue weighted by Gasteiger charge is 2.19. The molecule has 3 aromatic carbocycles. The quantitative estimate of drug-likeness (QED) is 0.381. The van der Waals surface area contributed by atoms with Crippen molar-refractivity contribution < 1.29 is 0 Å². The van der Waals surface area contributed by atoms with E-state index >= 15 is 0 Å². The zero-order chi connectivity index (χ0) is 12.4. The van der Waals surface area contributed by atoms with E-state index in [1.807, 2.05) is 0 Å². The number of rotatable bonds is 0. The highest BCUT2D eigenvalue weighted by Crippen LogP contribution is 2.40. The fraction of sp³-hybridized carbons (Fsp3) is 0.222. The number of hydrogen-bond donors (Lipinski definition) is 0. The summed E-state index contributed by atoms with van der Waals surface area (Å²) in [6.45, 7) is 6.66. The summed E-state index contributed by atoms with van der Waals surface area (Å²) in [4.78, 5) is 0. The lowest BCUT2D eigenvalue weighted by molar-refractivity contribution is 1.24. The summed E-state index contributed by atoms with van der Waals surface area (Å²) in [5, 5.41) is 5.85. The van der Waals surface area contributed by atoms with E-state index in [-0.39, 0.29) is 0 Å². The summed E-state index contributed by atoms with van der Waals surface area (Å²) in [5.74, 6) is 0. The van der Waals surface area contributed by atoms with Crippen molar-refractivity contribution in [3.05, 3.63) is 58.1 Å². The molecule has 4 rings (SSSR count). The molecule has 0 nitrogen and oxygen atoms in total. The Kier molecular flexibility index (Phi) is 1.77. The Morgan fingerprint density at radius 2 is 1.61 bits per heavy atom. The third-order valence-corrected chi connectivity index (χ3v) is 4.43. The first-order valence-electron chi connectivity index (χ1n) is 6.60. The monoisotopic (exact) mass is 232 g/mol. The lowest BCUT2D eigenvalue weighted by Gasteiger charge is -2.09. The molecule has 0 N–H and O–H groups in total. The number of aryl methyl sites for hydroxylation is 3. The van der Waals surface area contributed by atoms with Gasteiger partial charge in [0.2, 0.25) is 0 Å². The molecule has 0 aliphatic heterocycles. The molecular formula is C18H16. The van der Waals surface area contributed by atoms with Crippen molar-refractivity contribution in [3.63, 3.8) is 0 Å². The van der Waals surface area contributed by atoms with Gasteiger partial charge in [-0.25, -0.2) is 0 Å². The van der Waals surface area contributed by atoms with Crippen molar-refractivity contribution in [3.8, 4) is 0 Å². The Morgan fingerprint density at radius 3 is 2.44 bits per heavy atom. The third kappa shape index (κ3) is 1.11. The van der Waals surface area contributed by atoms with Gasteiger partial charge in [0.25, 0.3) is 0 Å². The summed E-state index contributed by atoms with van der Waals surface area (Å²) in [7, 11) is 0. The molecule has 1 aliphatic rings. The second-order valence-corrected chi connectivity index (χ2v) is 5.66. The fourth-order valence-electron chi connectivity index (χ4n) is 3.50. The Morgan fingerprint density at radius 1 is 0.833 bits per heavy atom. The fourth-order valence-corrected chi connectivity index (χ4v) is 3.50. The Bertz CT molecular complexity index is 823. The molecule has 0 radical (unpaired) electrons. The van der Waals surface area contributed by atoms with Crippen LogP contribution >= 0.6 is 0 Å². The second kappa shape index (κ2) is 3.14. The van der Waals surface area contributed by atoms with Crippen molar-refractivity contribution in [1.82, 2.24) is 0 Å². The smallest absolute Gasteiger partial charge is 0.00128 e. The van der Waals surface area contributed by atoms with Crippen LogP contribution in [0.2, 0.25) is 0 Å². The number of hydrogen-bond acceptors (Lipinski definition) is 0. The van der Waals surface area contributed by atoms with Gasteiger partial charge in [-0.05, 0) is 71.0 Å². The first-order chi connectivity index (χ1) is 8.65. The topological polar surface area (TPSA) is 0 Å². The lowest BCUT2D eigenvalue weighted by atomic mass is 9.95. The van der Waals surface area contributed by atoms with Gasteiger partial charge < -0.3 is 0 Å². The molecule has 0 spiro atoms. The summed E-state index contributed by atoms with van der Waals surface area (Å²) in [6.07, 6.45) is 1.11. The Hall–Kier alpha value is -1.82. The van der Waals surface area contributed by atoms with Crippen LogP contribution in [0.3, 0.4) is 0 Å². The molecule has 0 saturated heterocycles. The molecule has 0 heteroatoms. The minimum Gasteiger partial charge on any atom is -0.0551 e. The Labute approximate surface area is 107 Å². The van der Waals surface area contributed by atoms with Gasteiger partial charge in [0, 0.05) is 0 Å². The van der Waals surface area contributed by atoms with Gasteiger partial charge in [0.15, 0.2) is 0 Å². The molecule has 1 aliphatic carbocycles. The third-order valence-electron chi connectivity index (χ3n) is 4.43. The molecule has 88 valence electrons. The van der Waals surface area contributed by atoms with Crippen LogP contribution < -0.4 is 0 Å². The van der Waals surface area contributed by atoms with Gasteiger partial charge in [-0.15, -0.1) is 0 Å². The van der Waals surface area contributed by atoms with Crippen LogP contribution in [0.25, 0.3) is 21.5 Å². The molecule has 0 bridgehead atoms. The molecule has 0 aromatic heterocycles. The zero-order valence-corrected chi connectivity index (χ0v) is 11.1. The summed E-state index contributed by atoms with van der Waals surface area (Å²) >= 11 is 0. The van der Waals surface area contributed by atoms with E-state index in [2.05, 4.69) is 51.1 Å². The molecule has 0 heterocycles. The Balaban J connectivity index is 2.32. The van der Waals surface area contributed by atoms with Crippen molar-refractivity contribution >= 4 is 21.5 Å². The maximum atomic E-state index is 2.38. The minimum absolute atomic E-state index is 1.11. The maximum Gasteiger partial charge on any atom is -0.00128 e. The summed E-state index contributed by atoms with van der Waals surface area (Å²) < 4.78 is 0. The van der Waals surface area contributed by atoms with Gasteiger partial charge in [-0.1, -0.05) is 35.9 Å². The van der Waals surface area contributed by atoms with Crippen molar-refractivity contribution in [2.24, 2.45) is 0 Å². The van der Waals surface area contributed by atoms with E-state index in [1.165, 1.54) is 49.4 Å². The first-order valence-corrected chi connectivity index (χ1v) is 6.60. The average molecular weight is 232 g/mol. The van der Waals surface area contributed by atoms with Crippen LogP contribution in [-0.2, 0) is 6.42 Å². The lowest BCUT2D eigenvalue weighted by Crippen LogP contribution is -1.87. The second-order valence-electron chi connectivity index (χ2n) is 5.66. The summed E-state index contributed by atoms with van der Waals surface area (Å²) in [6, 6.07) is 11.6. The molecule has 18 heavy (non-hydrogen) atoms. The van der Waals surface area contributed by atoms with E-state index < -0.39 is 0 Å². The van der Waals surface area contributed by atoms with E-state index in [9.17, 15) is 0 Å². The molecule has 3 aromatic rings. The van der Waals surface area contributed by atoms with Crippen molar-refractivity contribution in [2.75, 3.05) is 0 Å². The molecule has 0 fully saturated rings. The molecule has 0 amide bonds. The van der Waals surface area contributed by atoms with Crippen molar-refractivity contribution in [2.45, 2.75) is 27.2 Å². The van der Waals surface area contributed by atoms with E-state index in [1.54, 1.807) is 0 Å². The van der Waals surface area contributed by atoms with Crippen molar-refractivity contribution in [1.29, 1.82) is 0 Å². The molecular weight excluding hydrogens is 216 g/mol. The largest absolute Gasteiger partial charge is 0.0551 e. The van der Waals surface area contributed by atoms with Crippen LogP contribution in [0.4, 0.5) is 0 Å². The predicted molar refractivity (Wildman–Crippen MR) is 78.5 cm³/mol. The van der Waals surface area contributed by atoms with Crippen LogP contribution in [-0.4, -0.2) is 0 Å². The maximum absolute atomic E-state index is 2.38. The molecule has 0 atom stereocenters. The standard InChI is InChI=1S/C18H16/c1-10-6-13-4-5-16-12(3)11(2)8-15-9-14(7-10)17(13)18(15)16/h4-8H,9H2,1-3H3. The van der Waals surface area contributed by atoms with Gasteiger partial charge in [-0.2, -0.15) is 0 Å². The van der Waals surface area contributed by atoms with E-state index in [0.29, 0.717) is 0 Å². The first kappa shape index (κ1) is 10.1. The van der Waals surface area contributed by atoms with E-state index in [0.717, 1.165) is 6.42 Å². The molecule has 0 saturated carbocycles. The normalized spacial score (nSPS) is 13.1. The SMILES string of the molecule is Cc1cc2c3c(ccc4c(C)c(C)cc(c43)C2)c1. The minimum atomic E-state index is 1.11. The van der Waals surface area contributed by atoms with Gasteiger partial charge >= 0.3 is 0 Å². The van der Waals surface area contributed by atoms with Gasteiger partial charge in [-0.3, -0.25) is 0 Å². The highest BCUT2D eigenvalue weighted by molar-refractivity contribution is 6.14. The van der Waals surface area contributed by atoms with Crippen LogP contribution in [0.15, 0.2) is 30.3 Å². The average Bonchev–Trinajstić information content (AvgIpc) is 2.68. The van der Waals surface area contributed by atoms with E-state index in [4.69, 9.17) is 0 Å². The van der Waals surface area contributed by atoms with Gasteiger partial charge in [0.1, 0.15) is 0 Å². The predicted octanol–water partition coefficient (Wildman–Crippen LogP) is 4.82. The zero-order valence-electron chi connectivity index (χ0n) is 11.1. The van der Waals surface area contributed by atoms with Crippen LogP contribution in [0.1, 0.15) is 27.8 Å². The summed E-state index contributed by atoms with van der Waals surface area (Å²) in [5.41, 5.74) is 7.25. The van der Waals surface area contributed by atoms with Gasteiger partial charge in [0.05, 0.1) is 0 Å². The molecule has 0 unspecified atom stereocenters. The highest BCUT2D eigenvalue weighted by atomic mass is 14.2.